The Morgan fingerprint density at radius 1 is 1.14 bits per heavy atom. The second-order valence-corrected chi connectivity index (χ2v) is 9.77. The molecule has 14 nitrogen and oxygen atoms in total. The molecule has 3 aromatic rings. The first-order valence-electron chi connectivity index (χ1n) is 13.7. The third-order valence-corrected chi connectivity index (χ3v) is 6.62. The Kier molecular flexibility index (Phi) is 13.0. The molecule has 15 heteroatoms. The number of nitrogens with zero attached hydrogens (tertiary/aromatic N) is 5. The van der Waals surface area contributed by atoms with Gasteiger partial charge < -0.3 is 29.7 Å². The molecule has 43 heavy (non-hydrogen) atoms. The largest absolute Gasteiger partial charge is 0.510 e. The first kappa shape index (κ1) is 33.1. The third-order valence-electron chi connectivity index (χ3n) is 6.32. The van der Waals surface area contributed by atoms with E-state index in [1.807, 2.05) is 47.0 Å². The highest BCUT2D eigenvalue weighted by Gasteiger charge is 2.16. The van der Waals surface area contributed by atoms with E-state index in [0.29, 0.717) is 35.8 Å². The highest BCUT2D eigenvalue weighted by Crippen LogP contribution is 2.26. The van der Waals surface area contributed by atoms with E-state index in [9.17, 15) is 20.0 Å². The van der Waals surface area contributed by atoms with Gasteiger partial charge in [-0.3, -0.25) is 0 Å². The molecule has 0 atom stereocenters. The number of rotatable bonds is 17. The predicted octanol–water partition coefficient (Wildman–Crippen LogP) is 3.98. The van der Waals surface area contributed by atoms with Crippen LogP contribution >= 0.6 is 11.6 Å². The lowest BCUT2D eigenvalue weighted by Crippen LogP contribution is -2.33. The molecule has 0 fully saturated rings. The molecule has 0 aliphatic heterocycles. The minimum absolute atomic E-state index is 0.000730. The summed E-state index contributed by atoms with van der Waals surface area (Å²) >= 11 is 6.28. The van der Waals surface area contributed by atoms with Crippen LogP contribution in [0.15, 0.2) is 53.6 Å². The molecule has 0 saturated heterocycles. The maximum Gasteiger partial charge on any atom is 0.510 e. The van der Waals surface area contributed by atoms with Crippen LogP contribution in [0.2, 0.25) is 5.15 Å². The number of unbranched alkanes of at least 4 members (excludes halogenated alkanes) is 2. The van der Waals surface area contributed by atoms with Crippen LogP contribution in [0, 0.1) is 10.1 Å². The van der Waals surface area contributed by atoms with Crippen LogP contribution in [-0.4, -0.2) is 56.8 Å². The molecule has 0 spiro atoms. The van der Waals surface area contributed by atoms with Gasteiger partial charge in [-0.1, -0.05) is 73.5 Å². The molecular weight excluding hydrogens is 582 g/mol. The number of amidine groups is 1. The minimum atomic E-state index is -0.971. The first-order chi connectivity index (χ1) is 20.7. The number of carbonyl (C=O) groups excluding carboxylic acids is 1. The fraction of sp³-hybridized carbons (Fsp3) is 0.393. The molecule has 1 aromatic heterocycles. The lowest BCUT2D eigenvalue weighted by atomic mass is 9.98. The molecule has 0 bridgehead atoms. The molecule has 1 heterocycles. The number of aliphatic hydroxyl groups excluding tert-OH is 1. The number of hydrazone groups is 1. The average Bonchev–Trinajstić information content (AvgIpc) is 3.30. The molecule has 0 radical (unpaired) electrons. The Balaban J connectivity index is 1.62. The molecule has 232 valence electrons. The molecule has 0 aliphatic carbocycles. The molecule has 0 aliphatic rings. The van der Waals surface area contributed by atoms with Gasteiger partial charge >= 0.3 is 6.16 Å². The normalized spacial score (nSPS) is 11.3. The average molecular weight is 618 g/mol. The summed E-state index contributed by atoms with van der Waals surface area (Å²) in [6, 6.07) is 15.3. The zero-order valence-electron chi connectivity index (χ0n) is 23.9. The van der Waals surface area contributed by atoms with Gasteiger partial charge in [0.2, 0.25) is 0 Å². The summed E-state index contributed by atoms with van der Waals surface area (Å²) < 4.78 is 11.8. The van der Waals surface area contributed by atoms with Crippen molar-refractivity contribution in [2.45, 2.75) is 52.2 Å². The van der Waals surface area contributed by atoms with Gasteiger partial charge in [-0.05, 0) is 36.0 Å². The van der Waals surface area contributed by atoms with E-state index in [0.717, 1.165) is 46.9 Å². The van der Waals surface area contributed by atoms with Crippen molar-refractivity contribution >= 4 is 23.6 Å². The van der Waals surface area contributed by atoms with Crippen LogP contribution in [0.1, 0.15) is 55.3 Å². The zero-order valence-corrected chi connectivity index (χ0v) is 24.6. The van der Waals surface area contributed by atoms with Crippen molar-refractivity contribution in [1.29, 1.82) is 0 Å². The van der Waals surface area contributed by atoms with E-state index >= 15 is 0 Å². The number of carbonyl (C=O) groups is 1. The van der Waals surface area contributed by atoms with Crippen molar-refractivity contribution in [3.63, 3.8) is 0 Å². The van der Waals surface area contributed by atoms with Crippen LogP contribution in [0.4, 0.5) is 4.79 Å². The van der Waals surface area contributed by atoms with Gasteiger partial charge in [0.1, 0.15) is 5.82 Å². The van der Waals surface area contributed by atoms with Gasteiger partial charge in [0.05, 0.1) is 25.5 Å². The summed E-state index contributed by atoms with van der Waals surface area (Å²) in [5, 5.41) is 24.4. The highest BCUT2D eigenvalue weighted by molar-refractivity contribution is 6.30. The number of benzene rings is 2. The summed E-state index contributed by atoms with van der Waals surface area (Å²) in [7, 11) is 0. The Hall–Kier alpha value is -4.40. The summed E-state index contributed by atoms with van der Waals surface area (Å²) in [6.07, 6.45) is 2.49. The summed E-state index contributed by atoms with van der Waals surface area (Å²) in [5.41, 5.74) is 10.2. The van der Waals surface area contributed by atoms with E-state index in [4.69, 9.17) is 32.7 Å². The molecule has 5 N–H and O–H groups in total. The van der Waals surface area contributed by atoms with E-state index in [1.165, 1.54) is 0 Å². The van der Waals surface area contributed by atoms with Crippen molar-refractivity contribution in [3.8, 4) is 11.1 Å². The molecule has 0 amide bonds. The quantitative estimate of drug-likeness (QED) is 0.0290. The van der Waals surface area contributed by atoms with Crippen molar-refractivity contribution < 1.29 is 29.3 Å². The number of ether oxygens (including phenoxy) is 2. The first-order valence-corrected chi connectivity index (χ1v) is 14.1. The van der Waals surface area contributed by atoms with Crippen LogP contribution in [0.25, 0.3) is 11.1 Å². The topological polar surface area (TPSA) is 194 Å². The second-order valence-electron chi connectivity index (χ2n) is 9.42. The standard InChI is InChI=1S/C28H36ClN7O7/c1-2-3-10-25-32-26(29)24(18-37)34(25)17-20-11-13-21(14-12-20)22-8-4-5-9-23(22)27(30)33-35(31)19-42-28(38)41-15-6-7-16-43-36(39)40/h4-5,8-9,11-14,37H,2-3,6-7,10,15-19,31H2,1H3,(H2,30,33). The summed E-state index contributed by atoms with van der Waals surface area (Å²) in [4.78, 5) is 30.5. The number of nitrogens with two attached hydrogens (primary N) is 2. The van der Waals surface area contributed by atoms with Gasteiger partial charge in [-0.15, -0.1) is 15.2 Å². The maximum atomic E-state index is 11.8. The lowest BCUT2D eigenvalue weighted by Gasteiger charge is -2.15. The number of hydrazine groups is 1. The Morgan fingerprint density at radius 2 is 1.86 bits per heavy atom. The van der Waals surface area contributed by atoms with Crippen LogP contribution in [-0.2, 0) is 33.9 Å². The molecular formula is C28H36ClN7O7. The van der Waals surface area contributed by atoms with Gasteiger partial charge in [0, 0.05) is 18.5 Å². The predicted molar refractivity (Wildman–Crippen MR) is 159 cm³/mol. The number of hydrogen-bond donors (Lipinski definition) is 3. The third kappa shape index (κ3) is 10.1. The maximum absolute atomic E-state index is 11.8. The highest BCUT2D eigenvalue weighted by atomic mass is 35.5. The van der Waals surface area contributed by atoms with E-state index in [-0.39, 0.29) is 25.7 Å². The molecule has 0 unspecified atom stereocenters. The summed E-state index contributed by atoms with van der Waals surface area (Å²) in [6.45, 7) is 1.92. The molecule has 0 saturated carbocycles. The number of halogens is 1. The minimum Gasteiger partial charge on any atom is -0.434 e. The Morgan fingerprint density at radius 3 is 2.56 bits per heavy atom. The zero-order chi connectivity index (χ0) is 31.2. The smallest absolute Gasteiger partial charge is 0.434 e. The number of hydrogen-bond acceptors (Lipinski definition) is 11. The fourth-order valence-corrected chi connectivity index (χ4v) is 4.44. The van der Waals surface area contributed by atoms with Crippen LogP contribution in [0.5, 0.6) is 0 Å². The number of aromatic nitrogens is 2. The SMILES string of the molecule is CCCCc1nc(Cl)c(CO)n1Cc1ccc(-c2ccccc2/C(N)=N/N(N)COC(=O)OCCCCO[N+](=O)[O-])cc1. The van der Waals surface area contributed by atoms with E-state index in [2.05, 4.69) is 21.8 Å². The summed E-state index contributed by atoms with van der Waals surface area (Å²) in [5.74, 6) is 6.80. The van der Waals surface area contributed by atoms with Gasteiger partial charge in [0.25, 0.3) is 5.09 Å². The van der Waals surface area contributed by atoms with Gasteiger partial charge in [-0.2, -0.15) is 5.12 Å². The number of imidazole rings is 1. The van der Waals surface area contributed by atoms with E-state index in [1.54, 1.807) is 6.07 Å². The van der Waals surface area contributed by atoms with E-state index < -0.39 is 18.0 Å². The monoisotopic (exact) mass is 617 g/mol. The van der Waals surface area contributed by atoms with Crippen LogP contribution < -0.4 is 11.6 Å². The van der Waals surface area contributed by atoms with Gasteiger partial charge in [-0.25, -0.2) is 15.6 Å². The van der Waals surface area contributed by atoms with Crippen molar-refractivity contribution in [1.82, 2.24) is 14.7 Å². The Bertz CT molecular complexity index is 1380. The second kappa shape index (κ2) is 16.9. The van der Waals surface area contributed by atoms with Crippen LogP contribution in [0.3, 0.4) is 0 Å². The number of aryl methyl sites for hydroxylation is 1. The lowest BCUT2D eigenvalue weighted by molar-refractivity contribution is -0.757. The molecule has 3 rings (SSSR count). The van der Waals surface area contributed by atoms with Crippen molar-refractivity contribution in [2.24, 2.45) is 16.7 Å². The molecule has 2 aromatic carbocycles. The van der Waals surface area contributed by atoms with Crippen molar-refractivity contribution in [3.05, 3.63) is 86.4 Å². The van der Waals surface area contributed by atoms with Gasteiger partial charge in [0.15, 0.2) is 17.7 Å². The number of aliphatic hydroxyl groups is 1. The van der Waals surface area contributed by atoms with Crippen molar-refractivity contribution in [2.75, 3.05) is 19.9 Å². The Labute approximate surface area is 253 Å². The fourth-order valence-electron chi connectivity index (χ4n) is 4.18.